The number of amides is 1. The molecular weight excluding hydrogens is 501 g/mol. The van der Waals surface area contributed by atoms with E-state index in [0.717, 1.165) is 17.4 Å². The van der Waals surface area contributed by atoms with Crippen molar-refractivity contribution in [2.24, 2.45) is 0 Å². The number of aromatic nitrogens is 3. The molecule has 4 rings (SSSR count). The smallest absolute Gasteiger partial charge is 0.467 e. The van der Waals surface area contributed by atoms with Crippen molar-refractivity contribution in [2.45, 2.75) is 77.7 Å². The highest BCUT2D eigenvalue weighted by Crippen LogP contribution is 2.37. The molecule has 0 N–H and O–H groups in total. The van der Waals surface area contributed by atoms with Gasteiger partial charge in [-0.15, -0.1) is 10.2 Å². The van der Waals surface area contributed by atoms with Crippen molar-refractivity contribution < 1.29 is 28.3 Å². The molecule has 0 aliphatic carbocycles. The van der Waals surface area contributed by atoms with Gasteiger partial charge in [-0.25, -0.2) is 9.78 Å². The third kappa shape index (κ3) is 6.45. The number of hydrogen-bond donors (Lipinski definition) is 0. The summed E-state index contributed by atoms with van der Waals surface area (Å²) in [6.07, 6.45) is 2.13. The van der Waals surface area contributed by atoms with Crippen molar-refractivity contribution in [1.29, 1.82) is 0 Å². The summed E-state index contributed by atoms with van der Waals surface area (Å²) in [5.74, 6) is 1.07. The normalized spacial score (nSPS) is 20.3. The minimum Gasteiger partial charge on any atom is -0.467 e. The molecular formula is C27H40BN5O6. The number of anilines is 1. The summed E-state index contributed by atoms with van der Waals surface area (Å²) >= 11 is 0. The predicted octanol–water partition coefficient (Wildman–Crippen LogP) is 3.27. The number of rotatable bonds is 7. The predicted molar refractivity (Wildman–Crippen MR) is 148 cm³/mol. The van der Waals surface area contributed by atoms with E-state index in [-0.39, 0.29) is 18.9 Å². The molecule has 2 aliphatic rings. The van der Waals surface area contributed by atoms with Crippen LogP contribution in [0.1, 0.15) is 54.9 Å². The fourth-order valence-corrected chi connectivity index (χ4v) is 4.38. The summed E-state index contributed by atoms with van der Waals surface area (Å²) < 4.78 is 28.9. The van der Waals surface area contributed by atoms with Gasteiger partial charge in [0.1, 0.15) is 17.0 Å². The molecule has 212 valence electrons. The Balaban J connectivity index is 1.49. The maximum absolute atomic E-state index is 12.5. The molecule has 39 heavy (non-hydrogen) atoms. The van der Waals surface area contributed by atoms with Gasteiger partial charge in [-0.1, -0.05) is 6.07 Å². The Hall–Kier alpha value is -2.96. The molecule has 0 radical (unpaired) electrons. The van der Waals surface area contributed by atoms with Crippen molar-refractivity contribution in [1.82, 2.24) is 20.1 Å². The number of carbonyl (C=O) groups is 1. The lowest BCUT2D eigenvalue weighted by molar-refractivity contribution is 0.00578. The van der Waals surface area contributed by atoms with Gasteiger partial charge in [-0.3, -0.25) is 0 Å². The van der Waals surface area contributed by atoms with E-state index in [2.05, 4.69) is 15.2 Å². The lowest BCUT2D eigenvalue weighted by Crippen LogP contribution is -2.42. The largest absolute Gasteiger partial charge is 0.494 e. The molecule has 11 nitrogen and oxygen atoms in total. The fraction of sp³-hybridized carbons (Fsp3) is 0.630. The van der Waals surface area contributed by atoms with Crippen LogP contribution in [0, 0.1) is 0 Å². The summed E-state index contributed by atoms with van der Waals surface area (Å²) in [6, 6.07) is 5.71. The van der Waals surface area contributed by atoms with Crippen LogP contribution in [-0.2, 0) is 18.8 Å². The van der Waals surface area contributed by atoms with Crippen LogP contribution >= 0.6 is 0 Å². The minimum atomic E-state index is -0.541. The van der Waals surface area contributed by atoms with Crippen LogP contribution in [0.5, 0.6) is 5.75 Å². The summed E-state index contributed by atoms with van der Waals surface area (Å²) in [5.41, 5.74) is 0.672. The zero-order valence-corrected chi connectivity index (χ0v) is 24.5. The highest BCUT2D eigenvalue weighted by Gasteiger charge is 2.51. The third-order valence-electron chi connectivity index (χ3n) is 7.36. The van der Waals surface area contributed by atoms with Crippen LogP contribution in [0.15, 0.2) is 24.4 Å². The zero-order valence-electron chi connectivity index (χ0n) is 24.5. The number of carbonyl (C=O) groups excluding carboxylic acids is 1. The number of ether oxygens (including phenoxy) is 3. The number of hydrogen-bond acceptors (Lipinski definition) is 10. The molecule has 2 saturated heterocycles. The Labute approximate surface area is 231 Å². The monoisotopic (exact) mass is 541 g/mol. The van der Waals surface area contributed by atoms with Crippen molar-refractivity contribution in [3.63, 3.8) is 0 Å². The topological polar surface area (TPSA) is 108 Å². The molecule has 0 bridgehead atoms. The Morgan fingerprint density at radius 3 is 2.46 bits per heavy atom. The molecule has 3 heterocycles. The Bertz CT molecular complexity index is 1150. The molecule has 1 amide bonds. The molecule has 1 aromatic heterocycles. The fourth-order valence-electron chi connectivity index (χ4n) is 4.38. The molecule has 2 aromatic rings. The van der Waals surface area contributed by atoms with E-state index in [4.69, 9.17) is 23.5 Å². The highest BCUT2D eigenvalue weighted by molar-refractivity contribution is 6.62. The van der Waals surface area contributed by atoms with E-state index in [1.165, 1.54) is 0 Å². The molecule has 2 aliphatic heterocycles. The zero-order chi connectivity index (χ0) is 28.6. The van der Waals surface area contributed by atoms with Gasteiger partial charge in [0.2, 0.25) is 5.95 Å². The van der Waals surface area contributed by atoms with Crippen LogP contribution in [0.4, 0.5) is 10.7 Å². The first-order valence-corrected chi connectivity index (χ1v) is 13.2. The second-order valence-corrected chi connectivity index (χ2v) is 12.0. The molecule has 2 fully saturated rings. The molecule has 1 aromatic carbocycles. The quantitative estimate of drug-likeness (QED) is 0.383. The van der Waals surface area contributed by atoms with Gasteiger partial charge in [-0.05, 0) is 72.5 Å². The van der Waals surface area contributed by atoms with Gasteiger partial charge < -0.3 is 33.3 Å². The average molecular weight is 541 g/mol. The van der Waals surface area contributed by atoms with Crippen LogP contribution in [0.25, 0.3) is 11.3 Å². The number of nitrogens with zero attached hydrogens (tertiary/aromatic N) is 5. The Morgan fingerprint density at radius 1 is 1.18 bits per heavy atom. The lowest BCUT2D eigenvalue weighted by Gasteiger charge is -2.32. The van der Waals surface area contributed by atoms with Gasteiger partial charge in [0.25, 0.3) is 0 Å². The van der Waals surface area contributed by atoms with E-state index >= 15 is 0 Å². The van der Waals surface area contributed by atoms with E-state index in [0.29, 0.717) is 30.5 Å². The van der Waals surface area contributed by atoms with Gasteiger partial charge in [-0.2, -0.15) is 0 Å². The SMILES string of the molecule is COCOc1cc(B2OC(C)(C)C(C)(C)O2)ccc1-c1cnc(N2CCC(N(C)C(=O)OC(C)(C)C)C2)nn1. The second kappa shape index (κ2) is 10.9. The Kier molecular flexibility index (Phi) is 8.12. The van der Waals surface area contributed by atoms with Gasteiger partial charge in [0.15, 0.2) is 6.79 Å². The summed E-state index contributed by atoms with van der Waals surface area (Å²) in [4.78, 5) is 20.7. The second-order valence-electron chi connectivity index (χ2n) is 12.0. The highest BCUT2D eigenvalue weighted by atomic mass is 16.7. The van der Waals surface area contributed by atoms with Crippen molar-refractivity contribution >= 4 is 24.6 Å². The number of methoxy groups -OCH3 is 1. The van der Waals surface area contributed by atoms with E-state index < -0.39 is 23.9 Å². The maximum atomic E-state index is 12.5. The first-order valence-electron chi connectivity index (χ1n) is 13.2. The van der Waals surface area contributed by atoms with Crippen LogP contribution in [0.2, 0.25) is 0 Å². The van der Waals surface area contributed by atoms with Gasteiger partial charge in [0.05, 0.1) is 23.4 Å². The van der Waals surface area contributed by atoms with Crippen LogP contribution in [-0.4, -0.2) is 90.2 Å². The van der Waals surface area contributed by atoms with Crippen LogP contribution in [0.3, 0.4) is 0 Å². The first kappa shape index (κ1) is 29.0. The van der Waals surface area contributed by atoms with Crippen molar-refractivity contribution in [2.75, 3.05) is 38.9 Å². The minimum absolute atomic E-state index is 0.000280. The van der Waals surface area contributed by atoms with Crippen molar-refractivity contribution in [3.8, 4) is 17.0 Å². The molecule has 0 spiro atoms. The molecule has 0 saturated carbocycles. The summed E-state index contributed by atoms with van der Waals surface area (Å²) in [6.45, 7) is 15.0. The Morgan fingerprint density at radius 2 is 1.87 bits per heavy atom. The number of likely N-dealkylation sites (N-methyl/N-ethyl adjacent to an activating group) is 1. The molecule has 12 heteroatoms. The number of benzene rings is 1. The van der Waals surface area contributed by atoms with E-state index in [1.807, 2.05) is 71.6 Å². The van der Waals surface area contributed by atoms with Gasteiger partial charge >= 0.3 is 13.2 Å². The van der Waals surface area contributed by atoms with Gasteiger partial charge in [0, 0.05) is 32.8 Å². The average Bonchev–Trinajstić information content (AvgIpc) is 3.43. The van der Waals surface area contributed by atoms with Crippen LogP contribution < -0.4 is 15.1 Å². The maximum Gasteiger partial charge on any atom is 0.494 e. The van der Waals surface area contributed by atoms with E-state index in [1.54, 1.807) is 25.3 Å². The molecule has 1 atom stereocenters. The van der Waals surface area contributed by atoms with E-state index in [9.17, 15) is 4.79 Å². The van der Waals surface area contributed by atoms with Crippen molar-refractivity contribution in [3.05, 3.63) is 24.4 Å². The first-order chi connectivity index (χ1) is 18.2. The summed E-state index contributed by atoms with van der Waals surface area (Å²) in [7, 11) is 2.80. The third-order valence-corrected chi connectivity index (χ3v) is 7.36. The standard InChI is InChI=1S/C27H40BN5O6/c1-25(2,3)37-24(34)32(8)19-12-13-33(16-19)23-29-15-21(30-31-23)20-11-10-18(14-22(20)36-17-35-9)28-38-26(4,5)27(6,7)39-28/h10-11,14-15,19H,12-13,16-17H2,1-9H3. The lowest BCUT2D eigenvalue weighted by atomic mass is 9.78. The summed E-state index contributed by atoms with van der Waals surface area (Å²) in [5, 5.41) is 8.83. The molecule has 1 unspecified atom stereocenters.